The van der Waals surface area contributed by atoms with Gasteiger partial charge in [-0.1, -0.05) is 56.1 Å². The number of halogens is 2. The average molecular weight is 450 g/mol. The van der Waals surface area contributed by atoms with Gasteiger partial charge in [0.2, 0.25) is 0 Å². The number of benzene rings is 3. The molecular formula is C19H14Br2O3. The minimum absolute atomic E-state index is 0.147. The van der Waals surface area contributed by atoms with Gasteiger partial charge in [-0.2, -0.15) is 0 Å². The molecule has 122 valence electrons. The molecule has 0 aliphatic rings. The van der Waals surface area contributed by atoms with Crippen molar-refractivity contribution in [3.05, 3.63) is 69.1 Å². The van der Waals surface area contributed by atoms with Gasteiger partial charge in [0.05, 0.1) is 0 Å². The van der Waals surface area contributed by atoms with E-state index < -0.39 is 5.97 Å². The van der Waals surface area contributed by atoms with Crippen LogP contribution in [0.15, 0.2) is 63.5 Å². The average Bonchev–Trinajstić information content (AvgIpc) is 2.59. The third-order valence-electron chi connectivity index (χ3n) is 3.54. The van der Waals surface area contributed by atoms with E-state index in [1.54, 1.807) is 12.1 Å². The van der Waals surface area contributed by atoms with Gasteiger partial charge in [-0.15, -0.1) is 0 Å². The van der Waals surface area contributed by atoms with Gasteiger partial charge in [0.25, 0.3) is 0 Å². The predicted molar refractivity (Wildman–Crippen MR) is 102 cm³/mol. The van der Waals surface area contributed by atoms with E-state index in [0.29, 0.717) is 11.5 Å². The molecule has 0 unspecified atom stereocenters. The second-order valence-electron chi connectivity index (χ2n) is 5.26. The maximum absolute atomic E-state index is 12.1. The van der Waals surface area contributed by atoms with Gasteiger partial charge in [0, 0.05) is 14.3 Å². The monoisotopic (exact) mass is 448 g/mol. The highest BCUT2D eigenvalue weighted by atomic mass is 79.9. The molecule has 0 atom stereocenters. The molecule has 0 N–H and O–H groups in total. The summed E-state index contributed by atoms with van der Waals surface area (Å²) in [6, 6.07) is 16.9. The van der Waals surface area contributed by atoms with Crippen molar-refractivity contribution in [3.63, 3.8) is 0 Å². The van der Waals surface area contributed by atoms with Crippen LogP contribution in [0.5, 0.6) is 11.5 Å². The Morgan fingerprint density at radius 2 is 1.67 bits per heavy atom. The van der Waals surface area contributed by atoms with E-state index in [2.05, 4.69) is 31.9 Å². The van der Waals surface area contributed by atoms with Crippen LogP contribution >= 0.6 is 31.9 Å². The molecule has 0 fully saturated rings. The third kappa shape index (κ3) is 3.79. The van der Waals surface area contributed by atoms with Crippen molar-refractivity contribution >= 4 is 48.6 Å². The van der Waals surface area contributed by atoms with E-state index in [4.69, 9.17) is 9.47 Å². The molecule has 5 heteroatoms. The minimum atomic E-state index is -0.442. The van der Waals surface area contributed by atoms with Crippen LogP contribution in [0.25, 0.3) is 10.8 Å². The predicted octanol–water partition coefficient (Wildman–Crippen LogP) is 5.66. The second-order valence-corrected chi connectivity index (χ2v) is 6.97. The summed E-state index contributed by atoms with van der Waals surface area (Å²) in [6.07, 6.45) is 0. The SMILES string of the molecule is Cc1cc(OCC(=O)Oc2ccc(Br)c3ccccc23)ccc1Br. The third-order valence-corrected chi connectivity index (χ3v) is 5.12. The number of fused-ring (bicyclic) bond motifs is 1. The Bertz CT molecular complexity index is 906. The largest absolute Gasteiger partial charge is 0.482 e. The van der Waals surface area contributed by atoms with Crippen molar-refractivity contribution in [1.82, 2.24) is 0 Å². The van der Waals surface area contributed by atoms with E-state index in [-0.39, 0.29) is 6.61 Å². The highest BCUT2D eigenvalue weighted by Gasteiger charge is 2.11. The zero-order chi connectivity index (χ0) is 17.1. The number of aryl methyl sites for hydroxylation is 1. The van der Waals surface area contributed by atoms with Crippen molar-refractivity contribution in [2.24, 2.45) is 0 Å². The zero-order valence-electron chi connectivity index (χ0n) is 12.9. The summed E-state index contributed by atoms with van der Waals surface area (Å²) >= 11 is 6.93. The fraction of sp³-hybridized carbons (Fsp3) is 0.105. The van der Waals surface area contributed by atoms with Gasteiger partial charge >= 0.3 is 5.97 Å². The lowest BCUT2D eigenvalue weighted by atomic mass is 10.1. The summed E-state index contributed by atoms with van der Waals surface area (Å²) in [6.45, 7) is 1.81. The quantitative estimate of drug-likeness (QED) is 0.381. The lowest BCUT2D eigenvalue weighted by Crippen LogP contribution is -2.17. The molecular weight excluding hydrogens is 436 g/mol. The molecule has 0 spiro atoms. The maximum atomic E-state index is 12.1. The Kier molecular flexibility index (Phi) is 5.21. The fourth-order valence-corrected chi connectivity index (χ4v) is 3.05. The van der Waals surface area contributed by atoms with Gasteiger partial charge in [-0.05, 0) is 48.2 Å². The van der Waals surface area contributed by atoms with E-state index in [1.807, 2.05) is 49.4 Å². The molecule has 0 aliphatic heterocycles. The highest BCUT2D eigenvalue weighted by molar-refractivity contribution is 9.11. The molecule has 0 saturated carbocycles. The Morgan fingerprint density at radius 1 is 0.958 bits per heavy atom. The van der Waals surface area contributed by atoms with Crippen LogP contribution in [0, 0.1) is 6.92 Å². The Morgan fingerprint density at radius 3 is 2.42 bits per heavy atom. The first kappa shape index (κ1) is 17.0. The van der Waals surface area contributed by atoms with E-state index >= 15 is 0 Å². The van der Waals surface area contributed by atoms with Crippen molar-refractivity contribution in [2.45, 2.75) is 6.92 Å². The number of carbonyl (C=O) groups is 1. The normalized spacial score (nSPS) is 10.6. The molecule has 0 heterocycles. The molecule has 0 saturated heterocycles. The second kappa shape index (κ2) is 7.36. The van der Waals surface area contributed by atoms with Gasteiger partial charge in [-0.3, -0.25) is 0 Å². The molecule has 3 rings (SSSR count). The molecule has 0 amide bonds. The Labute approximate surface area is 156 Å². The highest BCUT2D eigenvalue weighted by Crippen LogP contribution is 2.31. The van der Waals surface area contributed by atoms with Crippen LogP contribution in [0.4, 0.5) is 0 Å². The summed E-state index contributed by atoms with van der Waals surface area (Å²) in [4.78, 5) is 12.1. The molecule has 0 radical (unpaired) electrons. The van der Waals surface area contributed by atoms with E-state index in [9.17, 15) is 4.79 Å². The van der Waals surface area contributed by atoms with Gasteiger partial charge in [0.15, 0.2) is 6.61 Å². The van der Waals surface area contributed by atoms with Crippen LogP contribution in [0.1, 0.15) is 5.56 Å². The fourth-order valence-electron chi connectivity index (χ4n) is 2.32. The molecule has 0 aliphatic carbocycles. The number of ether oxygens (including phenoxy) is 2. The molecule has 24 heavy (non-hydrogen) atoms. The summed E-state index contributed by atoms with van der Waals surface area (Å²) < 4.78 is 12.9. The molecule has 0 bridgehead atoms. The number of esters is 1. The number of rotatable bonds is 4. The van der Waals surface area contributed by atoms with Crippen molar-refractivity contribution in [2.75, 3.05) is 6.61 Å². The summed E-state index contributed by atoms with van der Waals surface area (Å²) in [7, 11) is 0. The van der Waals surface area contributed by atoms with Crippen molar-refractivity contribution < 1.29 is 14.3 Å². The molecule has 3 nitrogen and oxygen atoms in total. The maximum Gasteiger partial charge on any atom is 0.349 e. The lowest BCUT2D eigenvalue weighted by Gasteiger charge is -2.10. The van der Waals surface area contributed by atoms with E-state index in [1.165, 1.54) is 0 Å². The van der Waals surface area contributed by atoms with Crippen LogP contribution < -0.4 is 9.47 Å². The van der Waals surface area contributed by atoms with Crippen molar-refractivity contribution in [1.29, 1.82) is 0 Å². The summed E-state index contributed by atoms with van der Waals surface area (Å²) in [5.74, 6) is 0.714. The van der Waals surface area contributed by atoms with Crippen molar-refractivity contribution in [3.8, 4) is 11.5 Å². The van der Waals surface area contributed by atoms with Crippen LogP contribution in [-0.4, -0.2) is 12.6 Å². The van der Waals surface area contributed by atoms with Gasteiger partial charge < -0.3 is 9.47 Å². The standard InChI is InChI=1S/C19H14Br2O3/c1-12-10-13(6-7-16(12)20)23-11-19(22)24-18-9-8-17(21)14-4-2-3-5-15(14)18/h2-10H,11H2,1H3. The van der Waals surface area contributed by atoms with Gasteiger partial charge in [-0.25, -0.2) is 4.79 Å². The van der Waals surface area contributed by atoms with Crippen LogP contribution in [0.3, 0.4) is 0 Å². The molecule has 0 aromatic heterocycles. The van der Waals surface area contributed by atoms with E-state index in [0.717, 1.165) is 25.3 Å². The summed E-state index contributed by atoms with van der Waals surface area (Å²) in [5, 5.41) is 1.87. The van der Waals surface area contributed by atoms with Crippen LogP contribution in [0.2, 0.25) is 0 Å². The minimum Gasteiger partial charge on any atom is -0.482 e. The smallest absolute Gasteiger partial charge is 0.349 e. The Balaban J connectivity index is 1.71. The number of hydrogen-bond donors (Lipinski definition) is 0. The topological polar surface area (TPSA) is 35.5 Å². The Hall–Kier alpha value is -1.85. The van der Waals surface area contributed by atoms with Crippen LogP contribution in [-0.2, 0) is 4.79 Å². The first-order valence-electron chi connectivity index (χ1n) is 7.31. The molecule has 3 aromatic carbocycles. The first-order chi connectivity index (χ1) is 11.5. The molecule has 3 aromatic rings. The number of hydrogen-bond acceptors (Lipinski definition) is 3. The first-order valence-corrected chi connectivity index (χ1v) is 8.90. The number of carbonyl (C=O) groups excluding carboxylic acids is 1. The van der Waals surface area contributed by atoms with Gasteiger partial charge in [0.1, 0.15) is 11.5 Å². The zero-order valence-corrected chi connectivity index (χ0v) is 16.1. The lowest BCUT2D eigenvalue weighted by molar-refractivity contribution is -0.136. The summed E-state index contributed by atoms with van der Waals surface area (Å²) in [5.41, 5.74) is 1.04.